The summed E-state index contributed by atoms with van der Waals surface area (Å²) in [6, 6.07) is 14.1. The monoisotopic (exact) mass is 962 g/mol. The second-order valence-corrected chi connectivity index (χ2v) is 17.3. The van der Waals surface area contributed by atoms with Crippen molar-refractivity contribution < 1.29 is 48.8 Å². The lowest BCUT2D eigenvalue weighted by molar-refractivity contribution is -0.115. The van der Waals surface area contributed by atoms with Gasteiger partial charge in [0.05, 0.1) is 10.6 Å². The van der Waals surface area contributed by atoms with Gasteiger partial charge in [-0.15, -0.1) is 10.2 Å². The van der Waals surface area contributed by atoms with E-state index in [1.54, 1.807) is 42.2 Å². The maximum Gasteiger partial charge on any atom is 0.296 e. The second kappa shape index (κ2) is 16.4. The van der Waals surface area contributed by atoms with E-state index in [1.165, 1.54) is 0 Å². The Morgan fingerprint density at radius 2 is 1.56 bits per heavy atom. The largest absolute Gasteiger partial charge is 0.505 e. The van der Waals surface area contributed by atoms with Crippen LogP contribution >= 0.6 is 43.5 Å². The third-order valence-corrected chi connectivity index (χ3v) is 12.4. The van der Waals surface area contributed by atoms with Crippen molar-refractivity contribution in [3.63, 3.8) is 0 Å². The smallest absolute Gasteiger partial charge is 0.296 e. The number of aromatic nitrogens is 3. The molecular formula is C30H25Br2ClN8O11S3. The molecule has 1 aromatic heterocycles. The number of alkyl halides is 2. The zero-order valence-corrected chi connectivity index (χ0v) is 33.9. The van der Waals surface area contributed by atoms with Gasteiger partial charge in [-0.2, -0.15) is 40.2 Å². The number of amides is 1. The number of carbonyl (C=O) groups is 1. The summed E-state index contributed by atoms with van der Waals surface area (Å²) in [6.07, 6.45) is 0. The molecule has 1 amide bonds. The Balaban J connectivity index is 1.73. The summed E-state index contributed by atoms with van der Waals surface area (Å²) >= 11 is 12.5. The van der Waals surface area contributed by atoms with Crippen LogP contribution in [0.1, 0.15) is 6.92 Å². The summed E-state index contributed by atoms with van der Waals surface area (Å²) in [6.45, 7) is 2.15. The van der Waals surface area contributed by atoms with Gasteiger partial charge in [-0.25, -0.2) is 0 Å². The number of fused-ring (bicyclic) bond motifs is 1. The first-order chi connectivity index (χ1) is 25.7. The number of nitrogens with one attached hydrogen (secondary N) is 2. The average Bonchev–Trinajstić information content (AvgIpc) is 3.09. The van der Waals surface area contributed by atoms with Crippen LogP contribution in [-0.4, -0.2) is 81.6 Å². The van der Waals surface area contributed by atoms with Gasteiger partial charge in [-0.05, 0) is 72.4 Å². The van der Waals surface area contributed by atoms with E-state index in [9.17, 15) is 48.8 Å². The van der Waals surface area contributed by atoms with Gasteiger partial charge < -0.3 is 20.6 Å². The summed E-state index contributed by atoms with van der Waals surface area (Å²) in [5.41, 5.74) is -1.40. The van der Waals surface area contributed by atoms with Crippen LogP contribution in [0, 0.1) is 0 Å². The van der Waals surface area contributed by atoms with Gasteiger partial charge in [0.2, 0.25) is 23.1 Å². The molecule has 4 aromatic carbocycles. The van der Waals surface area contributed by atoms with E-state index in [1.807, 2.05) is 0 Å². The molecule has 0 saturated heterocycles. The molecule has 0 aliphatic heterocycles. The van der Waals surface area contributed by atoms with Crippen molar-refractivity contribution in [3.05, 3.63) is 72.0 Å². The number of azo groups is 1. The molecule has 0 spiro atoms. The molecule has 0 fully saturated rings. The molecule has 0 saturated carbocycles. The molecule has 1 unspecified atom stereocenters. The van der Waals surface area contributed by atoms with Crippen LogP contribution in [0.15, 0.2) is 91.6 Å². The van der Waals surface area contributed by atoms with Crippen LogP contribution in [0.5, 0.6) is 5.75 Å². The molecule has 0 aliphatic carbocycles. The number of phenols is 1. The van der Waals surface area contributed by atoms with E-state index in [4.69, 9.17) is 11.6 Å². The van der Waals surface area contributed by atoms with E-state index < -0.39 is 83.7 Å². The van der Waals surface area contributed by atoms with E-state index in [0.29, 0.717) is 18.3 Å². The fraction of sp³-hybridized carbons (Fsp3) is 0.133. The molecule has 0 aliphatic rings. The molecule has 5 rings (SSSR count). The van der Waals surface area contributed by atoms with Crippen molar-refractivity contribution in [1.29, 1.82) is 0 Å². The highest BCUT2D eigenvalue weighted by Crippen LogP contribution is 2.46. The van der Waals surface area contributed by atoms with Crippen molar-refractivity contribution in [1.82, 2.24) is 15.0 Å². The molecule has 19 nitrogen and oxygen atoms in total. The Kier molecular flexibility index (Phi) is 12.4. The molecule has 0 radical (unpaired) electrons. The number of para-hydroxylation sites is 1. The highest BCUT2D eigenvalue weighted by Gasteiger charge is 2.27. The third-order valence-electron chi connectivity index (χ3n) is 7.35. The first kappa shape index (κ1) is 41.8. The van der Waals surface area contributed by atoms with E-state index in [0.717, 1.165) is 30.3 Å². The predicted octanol–water partition coefficient (Wildman–Crippen LogP) is 6.54. The summed E-state index contributed by atoms with van der Waals surface area (Å²) in [7, 11) is -15.4. The number of halogens is 3. The maximum atomic E-state index is 12.6. The van der Waals surface area contributed by atoms with E-state index in [-0.39, 0.29) is 33.9 Å². The van der Waals surface area contributed by atoms with Crippen molar-refractivity contribution in [2.75, 3.05) is 27.4 Å². The van der Waals surface area contributed by atoms with Gasteiger partial charge >= 0.3 is 0 Å². The average molecular weight is 965 g/mol. The Bertz CT molecular complexity index is 2700. The number of anilines is 5. The number of rotatable bonds is 13. The summed E-state index contributed by atoms with van der Waals surface area (Å²) < 4.78 is 104. The Labute approximate surface area is 334 Å². The zero-order valence-electron chi connectivity index (χ0n) is 27.5. The number of hydrogen-bond donors (Lipinski definition) is 6. The molecule has 1 atom stereocenters. The first-order valence-corrected chi connectivity index (χ1v) is 21.8. The van der Waals surface area contributed by atoms with Gasteiger partial charge in [0, 0.05) is 28.6 Å². The molecule has 1 heterocycles. The van der Waals surface area contributed by atoms with E-state index in [2.05, 4.69) is 67.7 Å². The van der Waals surface area contributed by atoms with Crippen molar-refractivity contribution in [2.24, 2.45) is 10.2 Å². The molecule has 25 heteroatoms. The van der Waals surface area contributed by atoms with Crippen molar-refractivity contribution in [3.8, 4) is 5.75 Å². The molecule has 290 valence electrons. The van der Waals surface area contributed by atoms with Crippen LogP contribution in [0.4, 0.5) is 40.3 Å². The second-order valence-electron chi connectivity index (χ2n) is 11.0. The number of nitrogens with zero attached hydrogens (tertiary/aromatic N) is 6. The summed E-state index contributed by atoms with van der Waals surface area (Å²) in [4.78, 5) is 23.1. The summed E-state index contributed by atoms with van der Waals surface area (Å²) in [5.74, 6) is -1.93. The topological polar surface area (TPSA) is 291 Å². The van der Waals surface area contributed by atoms with Gasteiger partial charge in [0.15, 0.2) is 5.75 Å². The minimum absolute atomic E-state index is 0.0331. The number of carbonyl (C=O) groups excluding carboxylic acids is 1. The number of phenolic OH excluding ortho intramolecular Hbond substituents is 1. The number of hydrogen-bond acceptors (Lipinski definition) is 15. The molecular weight excluding hydrogens is 940 g/mol. The quantitative estimate of drug-likeness (QED) is 0.0415. The van der Waals surface area contributed by atoms with Gasteiger partial charge in [-0.1, -0.05) is 50.1 Å². The molecule has 55 heavy (non-hydrogen) atoms. The molecule has 6 N–H and O–H groups in total. The Morgan fingerprint density at radius 1 is 0.891 bits per heavy atom. The minimum Gasteiger partial charge on any atom is -0.505 e. The van der Waals surface area contributed by atoms with Gasteiger partial charge in [-0.3, -0.25) is 18.5 Å². The van der Waals surface area contributed by atoms with E-state index >= 15 is 0 Å². The zero-order chi connectivity index (χ0) is 40.5. The normalized spacial score (nSPS) is 12.9. The van der Waals surface area contributed by atoms with Gasteiger partial charge in [0.1, 0.15) is 26.0 Å². The molecule has 0 bridgehead atoms. The van der Waals surface area contributed by atoms with Crippen LogP contribution in [0.2, 0.25) is 5.28 Å². The fourth-order valence-electron chi connectivity index (χ4n) is 4.97. The first-order valence-electron chi connectivity index (χ1n) is 15.0. The van der Waals surface area contributed by atoms with Crippen molar-refractivity contribution in [2.45, 2.75) is 26.4 Å². The Morgan fingerprint density at radius 3 is 2.16 bits per heavy atom. The predicted molar refractivity (Wildman–Crippen MR) is 208 cm³/mol. The molecule has 5 aromatic rings. The maximum absolute atomic E-state index is 12.6. The van der Waals surface area contributed by atoms with Crippen LogP contribution in [0.25, 0.3) is 10.8 Å². The van der Waals surface area contributed by atoms with Crippen molar-refractivity contribution >= 4 is 131 Å². The highest BCUT2D eigenvalue weighted by molar-refractivity contribution is 9.12. The fourth-order valence-corrected chi connectivity index (χ4v) is 7.34. The van der Waals surface area contributed by atoms with Crippen LogP contribution in [0.3, 0.4) is 0 Å². The minimum atomic E-state index is -5.33. The lowest BCUT2D eigenvalue weighted by atomic mass is 10.1. The summed E-state index contributed by atoms with van der Waals surface area (Å²) in [5, 5.41) is 23.3. The number of aromatic hydroxyl groups is 1. The lowest BCUT2D eigenvalue weighted by Gasteiger charge is -2.21. The third kappa shape index (κ3) is 9.71. The standard InChI is InChI=1S/C30H25Br2ClN8O11S3/c1-2-41(17-6-4-3-5-7-17)30-37-28(33)36-29(38-30)35-21-13-18(53(44,45)46)10-15-11-23(55(50,51)52)25(26(42)24(15)21)40-39-20-12-16(34-27(43)19(32)14-31)8-9-22(20)54(47,48)49/h3-13,19,42H,2,14H2,1H3,(H,34,43)(H,44,45,46)(H,47,48,49)(H,50,51,52)(H,35,36,37,38). The lowest BCUT2D eigenvalue weighted by Crippen LogP contribution is -2.23. The van der Waals surface area contributed by atoms with Gasteiger partial charge in [0.25, 0.3) is 30.4 Å². The van der Waals surface area contributed by atoms with Crippen LogP contribution < -0.4 is 15.5 Å². The number of benzene rings is 4. The van der Waals surface area contributed by atoms with Crippen LogP contribution in [-0.2, 0) is 35.1 Å². The SMILES string of the molecule is CCN(c1ccccc1)c1nc(Cl)nc(Nc2cc(S(=O)(=O)O)cc3cc(S(=O)(=O)O)c(N=Nc4cc(NC(=O)C(Br)CBr)ccc4S(=O)(=O)O)c(O)c23)n1. The highest BCUT2D eigenvalue weighted by atomic mass is 79.9. The Hall–Kier alpha value is -4.40.